The average molecular weight is 276 g/mol. The van der Waals surface area contributed by atoms with Gasteiger partial charge in [0.05, 0.1) is 19.7 Å². The van der Waals surface area contributed by atoms with Crippen molar-refractivity contribution in [3.05, 3.63) is 29.3 Å². The molecule has 0 bridgehead atoms. The summed E-state index contributed by atoms with van der Waals surface area (Å²) in [6.07, 6.45) is 4.99. The van der Waals surface area contributed by atoms with E-state index in [1.807, 2.05) is 12.1 Å². The molecule has 2 rings (SSSR count). The van der Waals surface area contributed by atoms with Crippen molar-refractivity contribution in [2.45, 2.75) is 46.1 Å². The van der Waals surface area contributed by atoms with Gasteiger partial charge in [-0.25, -0.2) is 0 Å². The van der Waals surface area contributed by atoms with Crippen molar-refractivity contribution in [2.24, 2.45) is 0 Å². The van der Waals surface area contributed by atoms with Crippen molar-refractivity contribution < 1.29 is 14.4 Å². The van der Waals surface area contributed by atoms with E-state index in [0.717, 1.165) is 24.3 Å². The number of hydrogen-bond acceptors (Lipinski definition) is 2. The predicted molar refractivity (Wildman–Crippen MR) is 80.5 cm³/mol. The van der Waals surface area contributed by atoms with Gasteiger partial charge in [0.2, 0.25) is 0 Å². The summed E-state index contributed by atoms with van der Waals surface area (Å²) in [5, 5.41) is 0. The number of carbonyl (C=O) groups excluding carboxylic acids is 1. The van der Waals surface area contributed by atoms with Gasteiger partial charge in [-0.2, -0.15) is 0 Å². The van der Waals surface area contributed by atoms with Crippen LogP contribution in [0.1, 0.15) is 55.5 Å². The summed E-state index contributed by atoms with van der Waals surface area (Å²) < 4.78 is 5.71. The molecular weight excluding hydrogens is 250 g/mol. The number of likely N-dealkylation sites (tertiary alicyclic amines) is 1. The molecule has 20 heavy (non-hydrogen) atoms. The van der Waals surface area contributed by atoms with Crippen LogP contribution in [0.15, 0.2) is 18.2 Å². The highest BCUT2D eigenvalue weighted by molar-refractivity contribution is 5.94. The summed E-state index contributed by atoms with van der Waals surface area (Å²) in [4.78, 5) is 13.3. The number of nitrogens with one attached hydrogen (secondary N) is 1. The minimum absolute atomic E-state index is 0.113. The van der Waals surface area contributed by atoms with Crippen LogP contribution >= 0.6 is 0 Å². The molecule has 0 radical (unpaired) electrons. The maximum absolute atomic E-state index is 11.7. The van der Waals surface area contributed by atoms with Crippen LogP contribution in [0.5, 0.6) is 5.75 Å². The molecule has 1 aromatic rings. The Morgan fingerprint density at radius 3 is 2.60 bits per heavy atom. The van der Waals surface area contributed by atoms with E-state index in [2.05, 4.69) is 13.0 Å². The van der Waals surface area contributed by atoms with Crippen molar-refractivity contribution in [3.63, 3.8) is 0 Å². The molecule has 0 aliphatic carbocycles. The number of piperidine rings is 1. The molecule has 0 amide bonds. The normalized spacial score (nSPS) is 16.1. The van der Waals surface area contributed by atoms with Gasteiger partial charge in [0.1, 0.15) is 12.3 Å². The maximum atomic E-state index is 11.7. The molecule has 0 saturated carbocycles. The average Bonchev–Trinajstić information content (AvgIpc) is 2.46. The first-order valence-electron chi connectivity index (χ1n) is 7.80. The number of benzene rings is 1. The first kappa shape index (κ1) is 15.0. The minimum atomic E-state index is 0.113. The summed E-state index contributed by atoms with van der Waals surface area (Å²) in [6.45, 7) is 7.91. The molecule has 0 spiro atoms. The van der Waals surface area contributed by atoms with E-state index in [4.69, 9.17) is 4.74 Å². The summed E-state index contributed by atoms with van der Waals surface area (Å²) in [7, 11) is 0. The van der Waals surface area contributed by atoms with Gasteiger partial charge in [-0.1, -0.05) is 6.92 Å². The van der Waals surface area contributed by atoms with E-state index < -0.39 is 0 Å². The molecule has 1 aromatic carbocycles. The third kappa shape index (κ3) is 4.34. The molecule has 0 aromatic heterocycles. The van der Waals surface area contributed by atoms with Gasteiger partial charge < -0.3 is 9.64 Å². The second-order valence-corrected chi connectivity index (χ2v) is 5.76. The molecule has 1 fully saturated rings. The van der Waals surface area contributed by atoms with Crippen LogP contribution in [0.4, 0.5) is 0 Å². The van der Waals surface area contributed by atoms with Gasteiger partial charge in [0.25, 0.3) is 0 Å². The number of quaternary nitrogens is 1. The molecule has 110 valence electrons. The summed E-state index contributed by atoms with van der Waals surface area (Å²) in [6, 6.07) is 6.00. The molecule has 3 heteroatoms. The Bertz CT molecular complexity index is 450. The van der Waals surface area contributed by atoms with Crippen molar-refractivity contribution in [2.75, 3.05) is 19.7 Å². The number of rotatable bonds is 6. The van der Waals surface area contributed by atoms with Crippen LogP contribution in [0, 0.1) is 0 Å². The molecule has 1 aliphatic rings. The van der Waals surface area contributed by atoms with Crippen LogP contribution in [-0.4, -0.2) is 25.5 Å². The van der Waals surface area contributed by atoms with Crippen LogP contribution in [0.25, 0.3) is 0 Å². The second-order valence-electron chi connectivity index (χ2n) is 5.76. The summed E-state index contributed by atoms with van der Waals surface area (Å²) in [5.41, 5.74) is 1.99. The van der Waals surface area contributed by atoms with Crippen molar-refractivity contribution >= 4 is 5.78 Å². The number of Topliss-reactive ketones (excluding diaryl/α,β-unsaturated/α-hetero) is 1. The Morgan fingerprint density at radius 2 is 1.95 bits per heavy atom. The zero-order valence-electron chi connectivity index (χ0n) is 12.7. The van der Waals surface area contributed by atoms with E-state index in [-0.39, 0.29) is 5.78 Å². The quantitative estimate of drug-likeness (QED) is 0.808. The van der Waals surface area contributed by atoms with Gasteiger partial charge in [-0.05, 0) is 50.8 Å². The highest BCUT2D eigenvalue weighted by atomic mass is 16.5. The van der Waals surface area contributed by atoms with Gasteiger partial charge in [-0.15, -0.1) is 0 Å². The molecule has 1 heterocycles. The van der Waals surface area contributed by atoms with Gasteiger partial charge >= 0.3 is 0 Å². The Hall–Kier alpha value is -1.35. The largest absolute Gasteiger partial charge is 0.494 e. The summed E-state index contributed by atoms with van der Waals surface area (Å²) >= 11 is 0. The predicted octanol–water partition coefficient (Wildman–Crippen LogP) is 2.25. The Balaban J connectivity index is 2.12. The van der Waals surface area contributed by atoms with E-state index in [0.29, 0.717) is 6.61 Å². The maximum Gasteiger partial charge on any atom is 0.159 e. The molecule has 1 N–H and O–H groups in total. The third-order valence-electron chi connectivity index (χ3n) is 3.86. The minimum Gasteiger partial charge on any atom is -0.494 e. The SMILES string of the molecule is CCCOc1cc(C[NH+]2CCCCC2)cc(C(C)=O)c1. The smallest absolute Gasteiger partial charge is 0.159 e. The first-order chi connectivity index (χ1) is 9.69. The molecular formula is C17H26NO2+. The van der Waals surface area contributed by atoms with Crippen molar-refractivity contribution in [3.8, 4) is 5.75 Å². The monoisotopic (exact) mass is 276 g/mol. The fourth-order valence-electron chi connectivity index (χ4n) is 2.79. The molecule has 1 saturated heterocycles. The topological polar surface area (TPSA) is 30.7 Å². The zero-order valence-corrected chi connectivity index (χ0v) is 12.7. The van der Waals surface area contributed by atoms with Crippen LogP contribution in [0.2, 0.25) is 0 Å². The van der Waals surface area contributed by atoms with Gasteiger partial charge in [0, 0.05) is 11.1 Å². The Labute approximate surface area is 121 Å². The van der Waals surface area contributed by atoms with Crippen molar-refractivity contribution in [1.82, 2.24) is 0 Å². The molecule has 3 nitrogen and oxygen atoms in total. The highest BCUT2D eigenvalue weighted by Gasteiger charge is 2.15. The van der Waals surface area contributed by atoms with Crippen LogP contribution in [-0.2, 0) is 6.54 Å². The van der Waals surface area contributed by atoms with E-state index in [9.17, 15) is 4.79 Å². The highest BCUT2D eigenvalue weighted by Crippen LogP contribution is 2.18. The van der Waals surface area contributed by atoms with Crippen LogP contribution < -0.4 is 9.64 Å². The number of hydrogen-bond donors (Lipinski definition) is 1. The lowest BCUT2D eigenvalue weighted by atomic mass is 10.1. The lowest BCUT2D eigenvalue weighted by Crippen LogP contribution is -3.11. The summed E-state index contributed by atoms with van der Waals surface area (Å²) in [5.74, 6) is 0.952. The number of ketones is 1. The molecule has 1 aliphatic heterocycles. The van der Waals surface area contributed by atoms with Gasteiger partial charge in [-0.3, -0.25) is 4.79 Å². The van der Waals surface area contributed by atoms with E-state index >= 15 is 0 Å². The number of ether oxygens (including phenoxy) is 1. The van der Waals surface area contributed by atoms with Crippen LogP contribution in [0.3, 0.4) is 0 Å². The Kier molecular flexibility index (Phi) is 5.60. The fraction of sp³-hybridized carbons (Fsp3) is 0.588. The second kappa shape index (κ2) is 7.44. The molecule has 0 unspecified atom stereocenters. The first-order valence-corrected chi connectivity index (χ1v) is 7.80. The standard InChI is InChI=1S/C17H25NO2/c1-3-9-20-17-11-15(10-16(12-17)14(2)19)13-18-7-5-4-6-8-18/h10-12H,3-9,13H2,1-2H3/p+1. The zero-order chi connectivity index (χ0) is 14.4. The lowest BCUT2D eigenvalue weighted by Gasteiger charge is -2.24. The Morgan fingerprint density at radius 1 is 1.20 bits per heavy atom. The third-order valence-corrected chi connectivity index (χ3v) is 3.86. The van der Waals surface area contributed by atoms with E-state index in [1.165, 1.54) is 37.9 Å². The van der Waals surface area contributed by atoms with Crippen molar-refractivity contribution in [1.29, 1.82) is 0 Å². The van der Waals surface area contributed by atoms with Gasteiger partial charge in [0.15, 0.2) is 5.78 Å². The fourth-order valence-corrected chi connectivity index (χ4v) is 2.79. The lowest BCUT2D eigenvalue weighted by molar-refractivity contribution is -0.918. The molecule has 0 atom stereocenters. The number of carbonyl (C=O) groups is 1. The van der Waals surface area contributed by atoms with E-state index in [1.54, 1.807) is 11.8 Å².